The molecule has 1 saturated carbocycles. The lowest BCUT2D eigenvalue weighted by molar-refractivity contribution is 0.00934. The zero-order valence-electron chi connectivity index (χ0n) is 17.1. The molecular weight excluding hydrogens is 377 g/mol. The Bertz CT molecular complexity index is 809. The first-order valence-corrected chi connectivity index (χ1v) is 10.2. The van der Waals surface area contributed by atoms with Crippen molar-refractivity contribution in [2.45, 2.75) is 57.8 Å². The van der Waals surface area contributed by atoms with Crippen LogP contribution >= 0.6 is 0 Å². The number of aliphatic hydroxyl groups excluding tert-OH is 1. The highest BCUT2D eigenvalue weighted by molar-refractivity contribution is 5.34. The number of hydrogen-bond acceptors (Lipinski definition) is 6. The average Bonchev–Trinajstić information content (AvgIpc) is 3.48. The second-order valence-electron chi connectivity index (χ2n) is 7.69. The molecule has 1 aromatic heterocycles. The van der Waals surface area contributed by atoms with Gasteiger partial charge in [-0.2, -0.15) is 0 Å². The lowest BCUT2D eigenvalue weighted by Crippen LogP contribution is -2.32. The van der Waals surface area contributed by atoms with E-state index in [9.17, 15) is 14.6 Å². The van der Waals surface area contributed by atoms with Gasteiger partial charge in [0.05, 0.1) is 25.5 Å². The van der Waals surface area contributed by atoms with E-state index in [2.05, 4.69) is 10.3 Å². The Morgan fingerprint density at radius 3 is 2.79 bits per heavy atom. The Morgan fingerprint density at radius 2 is 2.14 bits per heavy atom. The summed E-state index contributed by atoms with van der Waals surface area (Å²) < 4.78 is 26.7. The third-order valence-electron chi connectivity index (χ3n) is 5.41. The van der Waals surface area contributed by atoms with E-state index in [0.29, 0.717) is 49.7 Å². The molecule has 0 bridgehead atoms. The third-order valence-corrected chi connectivity index (χ3v) is 5.41. The minimum atomic E-state index is -1.27. The summed E-state index contributed by atoms with van der Waals surface area (Å²) in [5.41, 5.74) is 0.813. The van der Waals surface area contributed by atoms with E-state index >= 15 is 0 Å². The standard InChI is InChI=1S/C21H30FN3O4/c1-3-21(27,14-25-19(5-4-10-26)18(13-28-2)23-24-25)16-8-9-17(22)20(11-16)29-12-15-6-7-15/h8-9,11,15,26-27H,3-7,10,12-14H2,1-2H3/t21-/m1/s1. The van der Waals surface area contributed by atoms with Crippen LogP contribution in [0.2, 0.25) is 0 Å². The van der Waals surface area contributed by atoms with Gasteiger partial charge in [0.15, 0.2) is 11.6 Å². The van der Waals surface area contributed by atoms with Crippen molar-refractivity contribution in [1.29, 1.82) is 0 Å². The molecule has 0 aliphatic heterocycles. The number of aliphatic hydroxyl groups is 2. The molecule has 3 rings (SSSR count). The maximum atomic E-state index is 14.2. The summed E-state index contributed by atoms with van der Waals surface area (Å²) in [5.74, 6) is 0.242. The van der Waals surface area contributed by atoms with Crippen molar-refractivity contribution in [3.05, 3.63) is 41.0 Å². The third kappa shape index (κ3) is 5.32. The first-order valence-electron chi connectivity index (χ1n) is 10.2. The molecule has 1 atom stereocenters. The van der Waals surface area contributed by atoms with Crippen LogP contribution in [0.1, 0.15) is 49.6 Å². The summed E-state index contributed by atoms with van der Waals surface area (Å²) in [6, 6.07) is 4.51. The molecule has 0 radical (unpaired) electrons. The topological polar surface area (TPSA) is 89.6 Å². The molecule has 1 aliphatic rings. The van der Waals surface area contributed by atoms with E-state index in [4.69, 9.17) is 9.47 Å². The van der Waals surface area contributed by atoms with E-state index in [1.165, 1.54) is 6.07 Å². The number of ether oxygens (including phenoxy) is 2. The normalized spacial score (nSPS) is 16.0. The van der Waals surface area contributed by atoms with E-state index in [-0.39, 0.29) is 18.9 Å². The van der Waals surface area contributed by atoms with Crippen LogP contribution in [-0.2, 0) is 29.9 Å². The molecule has 160 valence electrons. The molecule has 1 fully saturated rings. The van der Waals surface area contributed by atoms with Crippen LogP contribution in [0, 0.1) is 11.7 Å². The van der Waals surface area contributed by atoms with Crippen LogP contribution in [-0.4, -0.2) is 45.5 Å². The van der Waals surface area contributed by atoms with Gasteiger partial charge in [-0.05, 0) is 55.7 Å². The Balaban J connectivity index is 1.85. The minimum Gasteiger partial charge on any atom is -0.490 e. The Kier molecular flexibility index (Phi) is 7.21. The molecule has 1 heterocycles. The number of rotatable bonds is 12. The van der Waals surface area contributed by atoms with E-state index in [1.54, 1.807) is 23.9 Å². The predicted molar refractivity (Wildman–Crippen MR) is 105 cm³/mol. The lowest BCUT2D eigenvalue weighted by Gasteiger charge is -2.28. The van der Waals surface area contributed by atoms with E-state index in [1.807, 2.05) is 6.92 Å². The molecule has 1 aliphatic carbocycles. The van der Waals surface area contributed by atoms with E-state index in [0.717, 1.165) is 18.5 Å². The fourth-order valence-corrected chi connectivity index (χ4v) is 3.31. The maximum absolute atomic E-state index is 14.2. The number of hydrogen-bond donors (Lipinski definition) is 2. The van der Waals surface area contributed by atoms with Gasteiger partial charge in [0.2, 0.25) is 0 Å². The molecule has 1 aromatic carbocycles. The molecule has 2 N–H and O–H groups in total. The number of aromatic nitrogens is 3. The van der Waals surface area contributed by atoms with Crippen molar-refractivity contribution in [2.24, 2.45) is 5.92 Å². The van der Waals surface area contributed by atoms with Gasteiger partial charge in [-0.3, -0.25) is 0 Å². The van der Waals surface area contributed by atoms with Gasteiger partial charge in [-0.25, -0.2) is 9.07 Å². The fourth-order valence-electron chi connectivity index (χ4n) is 3.31. The van der Waals surface area contributed by atoms with Gasteiger partial charge in [-0.1, -0.05) is 18.2 Å². The first-order chi connectivity index (χ1) is 14.0. The predicted octanol–water partition coefficient (Wildman–Crippen LogP) is 2.58. The van der Waals surface area contributed by atoms with Crippen LogP contribution in [0.4, 0.5) is 4.39 Å². The molecule has 0 spiro atoms. The van der Waals surface area contributed by atoms with Gasteiger partial charge in [0.25, 0.3) is 0 Å². The van der Waals surface area contributed by atoms with Crippen molar-refractivity contribution in [3.63, 3.8) is 0 Å². The summed E-state index contributed by atoms with van der Waals surface area (Å²) in [7, 11) is 1.58. The monoisotopic (exact) mass is 407 g/mol. The molecule has 0 saturated heterocycles. The van der Waals surface area contributed by atoms with E-state index < -0.39 is 11.4 Å². The summed E-state index contributed by atoms with van der Waals surface area (Å²) >= 11 is 0. The summed E-state index contributed by atoms with van der Waals surface area (Å²) in [5, 5.41) is 29.0. The molecule has 8 heteroatoms. The summed E-state index contributed by atoms with van der Waals surface area (Å²) in [4.78, 5) is 0. The molecule has 7 nitrogen and oxygen atoms in total. The average molecular weight is 407 g/mol. The van der Waals surface area contributed by atoms with Crippen LogP contribution in [0.15, 0.2) is 18.2 Å². The largest absolute Gasteiger partial charge is 0.490 e. The zero-order valence-corrected chi connectivity index (χ0v) is 17.1. The highest BCUT2D eigenvalue weighted by atomic mass is 19.1. The van der Waals surface area contributed by atoms with Crippen LogP contribution in [0.3, 0.4) is 0 Å². The smallest absolute Gasteiger partial charge is 0.165 e. The minimum absolute atomic E-state index is 0.0509. The van der Waals surface area contributed by atoms with Crippen molar-refractivity contribution >= 4 is 0 Å². The Hall–Kier alpha value is -2.03. The molecule has 0 unspecified atom stereocenters. The highest BCUT2D eigenvalue weighted by Crippen LogP contribution is 2.34. The summed E-state index contributed by atoms with van der Waals surface area (Å²) in [6.07, 6.45) is 3.77. The Labute approximate surface area is 170 Å². The first kappa shape index (κ1) is 21.7. The number of nitrogens with zero attached hydrogens (tertiary/aromatic N) is 3. The van der Waals surface area contributed by atoms with Crippen molar-refractivity contribution in [1.82, 2.24) is 15.0 Å². The van der Waals surface area contributed by atoms with Gasteiger partial charge < -0.3 is 19.7 Å². The van der Waals surface area contributed by atoms with Gasteiger partial charge >= 0.3 is 0 Å². The number of benzene rings is 1. The number of halogens is 1. The van der Waals surface area contributed by atoms with Gasteiger partial charge in [0, 0.05) is 13.7 Å². The summed E-state index contributed by atoms with van der Waals surface area (Å²) in [6.45, 7) is 2.89. The van der Waals surface area contributed by atoms with Crippen molar-refractivity contribution in [2.75, 3.05) is 20.3 Å². The SMILES string of the molecule is CC[C@@](O)(Cn1nnc(COC)c1CCCO)c1ccc(F)c(OCC2CC2)c1. The number of methoxy groups -OCH3 is 1. The molecule has 29 heavy (non-hydrogen) atoms. The second kappa shape index (κ2) is 9.65. The van der Waals surface area contributed by atoms with Crippen molar-refractivity contribution < 1.29 is 24.1 Å². The Morgan fingerprint density at radius 1 is 1.34 bits per heavy atom. The van der Waals surface area contributed by atoms with Gasteiger partial charge in [0.1, 0.15) is 11.3 Å². The lowest BCUT2D eigenvalue weighted by atomic mass is 9.90. The highest BCUT2D eigenvalue weighted by Gasteiger charge is 2.31. The molecule has 0 amide bonds. The quantitative estimate of drug-likeness (QED) is 0.562. The van der Waals surface area contributed by atoms with Crippen LogP contribution < -0.4 is 4.74 Å². The second-order valence-corrected chi connectivity index (χ2v) is 7.69. The molecule has 2 aromatic rings. The van der Waals surface area contributed by atoms with Gasteiger partial charge in [-0.15, -0.1) is 5.10 Å². The van der Waals surface area contributed by atoms with Crippen LogP contribution in [0.25, 0.3) is 0 Å². The maximum Gasteiger partial charge on any atom is 0.165 e. The van der Waals surface area contributed by atoms with Crippen molar-refractivity contribution in [3.8, 4) is 5.75 Å². The molecular formula is C21H30FN3O4. The zero-order chi connectivity index (χ0) is 20.9. The fraction of sp³-hybridized carbons (Fsp3) is 0.619. The van der Waals surface area contributed by atoms with Crippen LogP contribution in [0.5, 0.6) is 5.75 Å².